The molecule has 0 heterocycles. The van der Waals surface area contributed by atoms with Crippen LogP contribution in [0.4, 0.5) is 0 Å². The molecule has 0 unspecified atom stereocenters. The predicted octanol–water partition coefficient (Wildman–Crippen LogP) is 0.975. The van der Waals surface area contributed by atoms with Gasteiger partial charge in [0.15, 0.2) is 0 Å². The fourth-order valence-electron chi connectivity index (χ4n) is 2.55. The van der Waals surface area contributed by atoms with Crippen LogP contribution in [-0.4, -0.2) is 50.1 Å². The summed E-state index contributed by atoms with van der Waals surface area (Å²) in [4.78, 5) is 13.7. The minimum atomic E-state index is 0.170. The lowest BCUT2D eigenvalue weighted by Crippen LogP contribution is -2.41. The Kier molecular flexibility index (Phi) is 6.52. The maximum Gasteiger partial charge on any atom is 0.221 e. The van der Waals surface area contributed by atoms with Gasteiger partial charge in [-0.15, -0.1) is 0 Å². The zero-order valence-corrected chi connectivity index (χ0v) is 11.5. The summed E-state index contributed by atoms with van der Waals surface area (Å²) in [6.07, 6.45) is 5.63. The molecule has 100 valence electrons. The first kappa shape index (κ1) is 14.5. The molecule has 0 aliphatic heterocycles. The molecular formula is C13H27N3O. The van der Waals surface area contributed by atoms with Crippen LogP contribution in [0, 0.1) is 0 Å². The van der Waals surface area contributed by atoms with Crippen LogP contribution in [0.15, 0.2) is 0 Å². The SMILES string of the molecule is CCNC(=O)CCN(C)C1CCC(NC)CC1. The van der Waals surface area contributed by atoms with E-state index in [9.17, 15) is 4.79 Å². The van der Waals surface area contributed by atoms with E-state index in [1.54, 1.807) is 0 Å². The lowest BCUT2D eigenvalue weighted by Gasteiger charge is -2.34. The second kappa shape index (κ2) is 7.67. The number of rotatable bonds is 6. The first-order valence-electron chi connectivity index (χ1n) is 6.81. The molecule has 1 rings (SSSR count). The van der Waals surface area contributed by atoms with Crippen LogP contribution < -0.4 is 10.6 Å². The average Bonchev–Trinajstić information content (AvgIpc) is 2.36. The quantitative estimate of drug-likeness (QED) is 0.728. The van der Waals surface area contributed by atoms with Crippen LogP contribution in [0.5, 0.6) is 0 Å². The lowest BCUT2D eigenvalue weighted by atomic mass is 9.90. The third-order valence-corrected chi connectivity index (χ3v) is 3.79. The number of nitrogens with one attached hydrogen (secondary N) is 2. The van der Waals surface area contributed by atoms with Gasteiger partial charge in [-0.2, -0.15) is 0 Å². The largest absolute Gasteiger partial charge is 0.356 e. The fourth-order valence-corrected chi connectivity index (χ4v) is 2.55. The Hall–Kier alpha value is -0.610. The van der Waals surface area contributed by atoms with Crippen LogP contribution in [0.2, 0.25) is 0 Å². The van der Waals surface area contributed by atoms with Crippen LogP contribution in [0.1, 0.15) is 39.0 Å². The molecule has 0 aromatic rings. The molecule has 1 saturated carbocycles. The molecule has 4 nitrogen and oxygen atoms in total. The van der Waals surface area contributed by atoms with E-state index in [-0.39, 0.29) is 5.91 Å². The van der Waals surface area contributed by atoms with Crippen molar-refractivity contribution in [3.8, 4) is 0 Å². The molecule has 0 bridgehead atoms. The van der Waals surface area contributed by atoms with E-state index in [4.69, 9.17) is 0 Å². The van der Waals surface area contributed by atoms with Gasteiger partial charge < -0.3 is 15.5 Å². The average molecular weight is 241 g/mol. The Morgan fingerprint density at radius 3 is 2.47 bits per heavy atom. The maximum absolute atomic E-state index is 11.4. The van der Waals surface area contributed by atoms with Crippen molar-refractivity contribution in [2.45, 2.75) is 51.1 Å². The maximum atomic E-state index is 11.4. The summed E-state index contributed by atoms with van der Waals surface area (Å²) < 4.78 is 0. The van der Waals surface area contributed by atoms with E-state index in [2.05, 4.69) is 22.6 Å². The monoisotopic (exact) mass is 241 g/mol. The summed E-state index contributed by atoms with van der Waals surface area (Å²) in [5.74, 6) is 0.170. The Morgan fingerprint density at radius 2 is 1.94 bits per heavy atom. The van der Waals surface area contributed by atoms with E-state index in [0.717, 1.165) is 13.1 Å². The highest BCUT2D eigenvalue weighted by Crippen LogP contribution is 2.22. The third kappa shape index (κ3) is 5.04. The van der Waals surface area contributed by atoms with Crippen molar-refractivity contribution >= 4 is 5.91 Å². The number of nitrogens with zero attached hydrogens (tertiary/aromatic N) is 1. The second-order valence-electron chi connectivity index (χ2n) is 4.98. The minimum Gasteiger partial charge on any atom is -0.356 e. The van der Waals surface area contributed by atoms with Crippen LogP contribution in [0.3, 0.4) is 0 Å². The highest BCUT2D eigenvalue weighted by Gasteiger charge is 2.22. The first-order valence-corrected chi connectivity index (χ1v) is 6.81. The number of carbonyl (C=O) groups is 1. The van der Waals surface area contributed by atoms with Crippen molar-refractivity contribution < 1.29 is 4.79 Å². The van der Waals surface area contributed by atoms with Gasteiger partial charge in [-0.25, -0.2) is 0 Å². The Labute approximate surface area is 105 Å². The van der Waals surface area contributed by atoms with Gasteiger partial charge in [0.25, 0.3) is 0 Å². The van der Waals surface area contributed by atoms with Gasteiger partial charge in [-0.05, 0) is 46.7 Å². The van der Waals surface area contributed by atoms with E-state index >= 15 is 0 Å². The van der Waals surface area contributed by atoms with Crippen molar-refractivity contribution in [1.82, 2.24) is 15.5 Å². The van der Waals surface area contributed by atoms with E-state index in [0.29, 0.717) is 18.5 Å². The van der Waals surface area contributed by atoms with Gasteiger partial charge in [0.05, 0.1) is 0 Å². The van der Waals surface area contributed by atoms with Crippen LogP contribution in [0.25, 0.3) is 0 Å². The third-order valence-electron chi connectivity index (χ3n) is 3.79. The highest BCUT2D eigenvalue weighted by molar-refractivity contribution is 5.75. The molecule has 0 aromatic heterocycles. The summed E-state index contributed by atoms with van der Waals surface area (Å²) in [6.45, 7) is 3.57. The summed E-state index contributed by atoms with van der Waals surface area (Å²) in [5, 5.41) is 6.19. The summed E-state index contributed by atoms with van der Waals surface area (Å²) in [5.41, 5.74) is 0. The molecule has 1 amide bonds. The predicted molar refractivity (Wildman–Crippen MR) is 71.0 cm³/mol. The van der Waals surface area contributed by atoms with Gasteiger partial charge in [0, 0.05) is 31.6 Å². The van der Waals surface area contributed by atoms with Crippen molar-refractivity contribution in [2.24, 2.45) is 0 Å². The highest BCUT2D eigenvalue weighted by atomic mass is 16.1. The van der Waals surface area contributed by atoms with E-state index in [1.807, 2.05) is 14.0 Å². The van der Waals surface area contributed by atoms with E-state index in [1.165, 1.54) is 25.7 Å². The summed E-state index contributed by atoms with van der Waals surface area (Å²) in [7, 11) is 4.19. The number of carbonyl (C=O) groups excluding carboxylic acids is 1. The zero-order chi connectivity index (χ0) is 12.7. The Balaban J connectivity index is 2.20. The topological polar surface area (TPSA) is 44.4 Å². The molecule has 0 atom stereocenters. The molecule has 0 spiro atoms. The number of hydrogen-bond acceptors (Lipinski definition) is 3. The molecule has 1 aliphatic carbocycles. The van der Waals surface area contributed by atoms with Gasteiger partial charge in [0.1, 0.15) is 0 Å². The summed E-state index contributed by atoms with van der Waals surface area (Å²) in [6, 6.07) is 1.36. The molecule has 0 aromatic carbocycles. The molecule has 17 heavy (non-hydrogen) atoms. The van der Waals surface area contributed by atoms with Gasteiger partial charge in [-0.3, -0.25) is 4.79 Å². The van der Waals surface area contributed by atoms with Crippen molar-refractivity contribution in [3.05, 3.63) is 0 Å². The van der Waals surface area contributed by atoms with Crippen LogP contribution >= 0.6 is 0 Å². The molecular weight excluding hydrogens is 214 g/mol. The van der Waals surface area contributed by atoms with Crippen molar-refractivity contribution in [3.63, 3.8) is 0 Å². The fraction of sp³-hybridized carbons (Fsp3) is 0.923. The molecule has 0 radical (unpaired) electrons. The zero-order valence-electron chi connectivity index (χ0n) is 11.5. The smallest absolute Gasteiger partial charge is 0.221 e. The van der Waals surface area contributed by atoms with Gasteiger partial charge in [0.2, 0.25) is 5.91 Å². The number of hydrogen-bond donors (Lipinski definition) is 2. The Morgan fingerprint density at radius 1 is 1.29 bits per heavy atom. The minimum absolute atomic E-state index is 0.170. The standard InChI is InChI=1S/C13H27N3O/c1-4-15-13(17)9-10-16(3)12-7-5-11(14-2)6-8-12/h11-12,14H,4-10H2,1-3H3,(H,15,17). The van der Waals surface area contributed by atoms with Crippen molar-refractivity contribution in [1.29, 1.82) is 0 Å². The first-order chi connectivity index (χ1) is 8.17. The second-order valence-corrected chi connectivity index (χ2v) is 4.98. The molecule has 1 fully saturated rings. The van der Waals surface area contributed by atoms with Crippen LogP contribution in [-0.2, 0) is 4.79 Å². The Bertz CT molecular complexity index is 225. The normalized spacial score (nSPS) is 24.9. The number of amides is 1. The lowest BCUT2D eigenvalue weighted by molar-refractivity contribution is -0.121. The van der Waals surface area contributed by atoms with Crippen molar-refractivity contribution in [2.75, 3.05) is 27.2 Å². The molecule has 4 heteroatoms. The van der Waals surface area contributed by atoms with Gasteiger partial charge >= 0.3 is 0 Å². The molecule has 0 saturated heterocycles. The van der Waals surface area contributed by atoms with E-state index < -0.39 is 0 Å². The van der Waals surface area contributed by atoms with Gasteiger partial charge in [-0.1, -0.05) is 0 Å². The molecule has 2 N–H and O–H groups in total. The summed E-state index contributed by atoms with van der Waals surface area (Å²) >= 11 is 0. The molecule has 1 aliphatic rings.